The Morgan fingerprint density at radius 2 is 1.09 bits per heavy atom. The fourth-order valence-electron chi connectivity index (χ4n) is 5.03. The van der Waals surface area contributed by atoms with Crippen molar-refractivity contribution in [3.63, 3.8) is 0 Å². The van der Waals surface area contributed by atoms with Crippen molar-refractivity contribution >= 4 is 94.4 Å². The Kier molecular flexibility index (Phi) is 30.7. The number of fused-ring (bicyclic) bond motifs is 1. The van der Waals surface area contributed by atoms with E-state index in [1.807, 2.05) is 104 Å². The van der Waals surface area contributed by atoms with Gasteiger partial charge in [0.2, 0.25) is 11.9 Å². The van der Waals surface area contributed by atoms with Gasteiger partial charge in [-0.3, -0.25) is 26.6 Å². The van der Waals surface area contributed by atoms with E-state index in [0.717, 1.165) is 28.6 Å². The molecule has 5 aromatic rings. The Morgan fingerprint density at radius 1 is 0.606 bits per heavy atom. The number of guanidine groups is 3. The summed E-state index contributed by atoms with van der Waals surface area (Å²) in [6, 6.07) is 35.4. The highest BCUT2D eigenvalue weighted by Crippen LogP contribution is 2.15. The van der Waals surface area contributed by atoms with Crippen molar-refractivity contribution < 1.29 is 0 Å². The molecule has 0 aliphatic rings. The second-order valence-electron chi connectivity index (χ2n) is 14.1. The van der Waals surface area contributed by atoms with Gasteiger partial charge < -0.3 is 66.6 Å². The molecule has 5 rings (SSSR count). The number of imidazole rings is 1. The molecule has 0 aliphatic carbocycles. The number of halogens is 2. The predicted molar refractivity (Wildman–Crippen MR) is 280 cm³/mol. The highest BCUT2D eigenvalue weighted by atomic mass is 35.5. The van der Waals surface area contributed by atoms with E-state index in [1.54, 1.807) is 19.0 Å². The van der Waals surface area contributed by atoms with Crippen LogP contribution >= 0.6 is 24.8 Å². The zero-order chi connectivity index (χ0) is 48.0. The summed E-state index contributed by atoms with van der Waals surface area (Å²) in [6.45, 7) is 2.67. The molecule has 0 radical (unpaired) electrons. The average Bonchev–Trinajstić information content (AvgIpc) is 3.61. The van der Waals surface area contributed by atoms with Crippen LogP contribution in [0.25, 0.3) is 11.0 Å². The smallest absolute Gasteiger partial charge is 0.231 e. The van der Waals surface area contributed by atoms with Gasteiger partial charge in [0.15, 0.2) is 11.9 Å². The lowest BCUT2D eigenvalue weighted by Gasteiger charge is -2.08. The van der Waals surface area contributed by atoms with Gasteiger partial charge in [-0.15, -0.1) is 24.8 Å². The molecule has 1 aromatic heterocycles. The number of hydrogen-bond donors (Lipinski definition) is 15. The van der Waals surface area contributed by atoms with E-state index in [2.05, 4.69) is 37.1 Å². The molecule has 0 saturated carbocycles. The minimum atomic E-state index is -0.277. The number of rotatable bonds is 14. The van der Waals surface area contributed by atoms with Crippen LogP contribution in [0.2, 0.25) is 0 Å². The van der Waals surface area contributed by atoms with Gasteiger partial charge in [0.1, 0.15) is 5.84 Å². The molecule has 0 bridgehead atoms. The predicted octanol–water partition coefficient (Wildman–Crippen LogP) is 4.44. The van der Waals surface area contributed by atoms with Crippen molar-refractivity contribution in [2.75, 3.05) is 20.6 Å². The highest BCUT2D eigenvalue weighted by molar-refractivity contribution is 6.01. The van der Waals surface area contributed by atoms with Crippen molar-refractivity contribution in [3.05, 3.63) is 131 Å². The molecule has 0 saturated heterocycles. The van der Waals surface area contributed by atoms with Gasteiger partial charge in [0.25, 0.3) is 0 Å². The van der Waals surface area contributed by atoms with Crippen LogP contribution in [0, 0.1) is 39.4 Å². The Labute approximate surface area is 398 Å². The van der Waals surface area contributed by atoms with Crippen LogP contribution in [0.1, 0.15) is 41.5 Å². The van der Waals surface area contributed by atoms with Crippen molar-refractivity contribution in [2.24, 2.45) is 60.8 Å². The van der Waals surface area contributed by atoms with E-state index in [9.17, 15) is 0 Å². The first kappa shape index (κ1) is 60.2. The van der Waals surface area contributed by atoms with Gasteiger partial charge in [-0.1, -0.05) is 97.1 Å². The first-order valence-corrected chi connectivity index (χ1v) is 19.7. The van der Waals surface area contributed by atoms with Gasteiger partial charge in [-0.25, -0.2) is 4.98 Å². The van der Waals surface area contributed by atoms with Crippen molar-refractivity contribution in [1.29, 1.82) is 32.5 Å². The lowest BCUT2D eigenvalue weighted by Crippen LogP contribution is -2.32. The Hall–Kier alpha value is -7.84. The molecule has 4 aromatic carbocycles. The number of nitrogens with two attached hydrogens (primary N) is 8. The number of aryl methyl sites for hydroxylation is 1. The number of hydrogen-bond acceptors (Lipinski definition) is 9. The molecule has 0 unspecified atom stereocenters. The third-order valence-corrected chi connectivity index (χ3v) is 7.97. The number of nitrogens with one attached hydrogen (secondary N) is 7. The van der Waals surface area contributed by atoms with Crippen LogP contribution in [0.4, 0.5) is 5.95 Å². The molecule has 20 nitrogen and oxygen atoms in total. The molecule has 0 aliphatic heterocycles. The van der Waals surface area contributed by atoms with Gasteiger partial charge >= 0.3 is 0 Å². The number of para-hydroxylation sites is 2. The molecule has 1 heterocycles. The number of aromatic amines is 1. The summed E-state index contributed by atoms with van der Waals surface area (Å²) in [7, 11) is 3.45. The van der Waals surface area contributed by atoms with Crippen LogP contribution in [-0.2, 0) is 19.3 Å². The lowest BCUT2D eigenvalue weighted by molar-refractivity contribution is 0.615. The van der Waals surface area contributed by atoms with Gasteiger partial charge in [-0.2, -0.15) is 9.98 Å². The maximum atomic E-state index is 7.63. The summed E-state index contributed by atoms with van der Waals surface area (Å²) >= 11 is 0. The molecule has 22 heteroatoms. The maximum Gasteiger partial charge on any atom is 0.231 e. The fraction of sp³-hybridized carbons (Fsp3) is 0.227. The first-order valence-electron chi connectivity index (χ1n) is 19.7. The third-order valence-electron chi connectivity index (χ3n) is 7.97. The van der Waals surface area contributed by atoms with Crippen LogP contribution in [0.3, 0.4) is 0 Å². The van der Waals surface area contributed by atoms with Gasteiger partial charge in [0.05, 0.1) is 35.0 Å². The first-order chi connectivity index (χ1) is 30.2. The molecular formula is C44H66Cl2N20. The SMILES string of the molecule is CN(C)C(N)=NC(=N)N.Cc1ccccc1CC(=N)CC(=N)N.Cl.Cl.N=C(N)CC(=N)Cc1ccccc1.N=C(N)CC(N)=NCCc1ccccc1.NC(N)=Nc1nc2ccccc2[nH]1. The van der Waals surface area contributed by atoms with Crippen LogP contribution in [0.5, 0.6) is 0 Å². The number of aromatic nitrogens is 2. The van der Waals surface area contributed by atoms with Crippen LogP contribution < -0.4 is 45.9 Å². The van der Waals surface area contributed by atoms with Gasteiger partial charge in [-0.05, 0) is 47.7 Å². The summed E-state index contributed by atoms with van der Waals surface area (Å²) in [5, 5.41) is 43.0. The number of H-pyrrole nitrogens is 1. The van der Waals surface area contributed by atoms with E-state index in [4.69, 9.17) is 78.3 Å². The van der Waals surface area contributed by atoms with E-state index in [-0.39, 0.29) is 79.5 Å². The Balaban J connectivity index is 0. The summed E-state index contributed by atoms with van der Waals surface area (Å²) in [4.78, 5) is 20.1. The average molecular weight is 946 g/mol. The molecule has 0 atom stereocenters. The van der Waals surface area contributed by atoms with E-state index in [0.29, 0.717) is 42.6 Å². The second kappa shape index (κ2) is 33.7. The zero-order valence-electron chi connectivity index (χ0n) is 37.5. The molecule has 0 spiro atoms. The molecule has 66 heavy (non-hydrogen) atoms. The monoisotopic (exact) mass is 945 g/mol. The maximum absolute atomic E-state index is 7.63. The van der Waals surface area contributed by atoms with Gasteiger partial charge in [0, 0.05) is 57.7 Å². The summed E-state index contributed by atoms with van der Waals surface area (Å²) < 4.78 is 0. The molecule has 0 fully saturated rings. The Bertz CT molecular complexity index is 2320. The molecular weight excluding hydrogens is 880 g/mol. The topological polar surface area (TPSA) is 420 Å². The van der Waals surface area contributed by atoms with E-state index < -0.39 is 0 Å². The van der Waals surface area contributed by atoms with E-state index >= 15 is 0 Å². The molecule has 356 valence electrons. The number of benzene rings is 4. The van der Waals surface area contributed by atoms with Crippen molar-refractivity contribution in [1.82, 2.24) is 14.9 Å². The normalized spacial score (nSPS) is 10.0. The highest BCUT2D eigenvalue weighted by Gasteiger charge is 2.04. The minimum absolute atomic E-state index is 0. The standard InChI is InChI=1S/C11H16N4.C11H15N3.C10H13N3.C8H9N5.C4H11N5.2ClH/c12-10(13)8-11(14)15-7-6-9-4-2-1-3-5-9;1-8-4-2-3-5-9(8)6-10(12)7-11(13)14;11-9(7-10(12)13)6-8-4-2-1-3-5-8;9-7(10)13-8-11-5-3-1-2-4-6(5)12-8;1-9(2)4(7)8-3(5)6;;/h1-5H,6-8H2,(H3,12,13)(H2,14,15);2-5,12H,6-7H2,1H3,(H3,13,14);1-5,11H,6-7H2,(H3,12,13);1-4H,(H5,9,10,11,12,13);1-2H3,(H5,5,6,7,8);2*1H. The number of aliphatic imine (C=N–C) groups is 3. The molecule has 0 amide bonds. The van der Waals surface area contributed by atoms with Crippen LogP contribution in [-0.4, -0.2) is 88.2 Å². The van der Waals surface area contributed by atoms with E-state index in [1.165, 1.54) is 11.1 Å². The van der Waals surface area contributed by atoms with Crippen molar-refractivity contribution in [3.8, 4) is 0 Å². The largest absolute Gasteiger partial charge is 0.387 e. The lowest BCUT2D eigenvalue weighted by atomic mass is 10.0. The Morgan fingerprint density at radius 3 is 1.56 bits per heavy atom. The molecule has 23 N–H and O–H groups in total. The minimum Gasteiger partial charge on any atom is -0.387 e. The zero-order valence-corrected chi connectivity index (χ0v) is 39.1. The summed E-state index contributed by atoms with van der Waals surface area (Å²) in [5.41, 5.74) is 49.2. The third kappa shape index (κ3) is 29.5. The quantitative estimate of drug-likeness (QED) is 0.0548. The second-order valence-corrected chi connectivity index (χ2v) is 14.1. The fourth-order valence-corrected chi connectivity index (χ4v) is 5.03. The number of nitrogens with zero attached hydrogens (tertiary/aromatic N) is 5. The van der Waals surface area contributed by atoms with Crippen molar-refractivity contribution in [2.45, 2.75) is 45.4 Å². The summed E-state index contributed by atoms with van der Waals surface area (Å²) in [6.07, 6.45) is 2.84. The summed E-state index contributed by atoms with van der Waals surface area (Å²) in [5.74, 6) is 0.989. The number of amidine groups is 4. The van der Waals surface area contributed by atoms with Crippen LogP contribution in [0.15, 0.2) is 124 Å².